The fraction of sp³-hybridized carbons (Fsp3) is 0.192. The van der Waals surface area contributed by atoms with Gasteiger partial charge in [-0.2, -0.15) is 8.75 Å². The number of anilines is 1. The first-order chi connectivity index (χ1) is 17.6. The molecule has 0 bridgehead atoms. The monoisotopic (exact) mass is 501 g/mol. The summed E-state index contributed by atoms with van der Waals surface area (Å²) in [6.45, 7) is 0.451. The number of nitrogens with zero attached hydrogens (tertiary/aromatic N) is 4. The van der Waals surface area contributed by atoms with E-state index in [4.69, 9.17) is 9.57 Å². The molecule has 36 heavy (non-hydrogen) atoms. The maximum atomic E-state index is 13.4. The number of amides is 2. The summed E-state index contributed by atoms with van der Waals surface area (Å²) in [7, 11) is 1.61. The van der Waals surface area contributed by atoms with E-state index in [9.17, 15) is 9.59 Å². The average Bonchev–Trinajstić information content (AvgIpc) is 3.57. The van der Waals surface area contributed by atoms with Gasteiger partial charge in [-0.1, -0.05) is 41.6 Å². The van der Waals surface area contributed by atoms with Crippen molar-refractivity contribution in [3.05, 3.63) is 83.9 Å². The highest BCUT2D eigenvalue weighted by molar-refractivity contribution is 7.00. The summed E-state index contributed by atoms with van der Waals surface area (Å²) in [6, 6.07) is 21.0. The van der Waals surface area contributed by atoms with E-state index in [-0.39, 0.29) is 31.4 Å². The van der Waals surface area contributed by atoms with Gasteiger partial charge in [-0.05, 0) is 42.0 Å². The van der Waals surface area contributed by atoms with Gasteiger partial charge in [0.2, 0.25) is 5.91 Å². The van der Waals surface area contributed by atoms with Crippen LogP contribution in [0, 0.1) is 0 Å². The van der Waals surface area contributed by atoms with Crippen molar-refractivity contribution >= 4 is 46.0 Å². The van der Waals surface area contributed by atoms with Gasteiger partial charge in [0.15, 0.2) is 0 Å². The normalized spacial score (nSPS) is 16.3. The van der Waals surface area contributed by atoms with Gasteiger partial charge < -0.3 is 19.8 Å². The molecule has 0 radical (unpaired) electrons. The molecule has 2 amide bonds. The van der Waals surface area contributed by atoms with Gasteiger partial charge >= 0.3 is 0 Å². The third kappa shape index (κ3) is 5.03. The number of aromatic nitrogens is 2. The Morgan fingerprint density at radius 2 is 1.86 bits per heavy atom. The van der Waals surface area contributed by atoms with Crippen LogP contribution in [0.4, 0.5) is 5.69 Å². The summed E-state index contributed by atoms with van der Waals surface area (Å²) < 4.78 is 13.7. The molecule has 1 saturated heterocycles. The third-order valence-corrected chi connectivity index (χ3v) is 6.41. The van der Waals surface area contributed by atoms with E-state index in [1.54, 1.807) is 43.5 Å². The molecular weight excluding hydrogens is 478 g/mol. The van der Waals surface area contributed by atoms with Crippen LogP contribution in [0.1, 0.15) is 22.3 Å². The molecule has 3 aromatic carbocycles. The van der Waals surface area contributed by atoms with Crippen molar-refractivity contribution in [3.63, 3.8) is 0 Å². The Hall–Kier alpha value is -4.31. The van der Waals surface area contributed by atoms with Crippen LogP contribution in [0.3, 0.4) is 0 Å². The number of ether oxygens (including phenoxy) is 1. The van der Waals surface area contributed by atoms with Crippen LogP contribution in [0.2, 0.25) is 0 Å². The minimum absolute atomic E-state index is 0.191. The predicted molar refractivity (Wildman–Crippen MR) is 137 cm³/mol. The Kier molecular flexibility index (Phi) is 6.85. The second-order valence-corrected chi connectivity index (χ2v) is 8.75. The van der Waals surface area contributed by atoms with E-state index >= 15 is 0 Å². The van der Waals surface area contributed by atoms with Gasteiger partial charge in [0.05, 0.1) is 36.8 Å². The largest absolute Gasteiger partial charge is 0.497 e. The molecule has 5 rings (SSSR count). The van der Waals surface area contributed by atoms with Crippen molar-refractivity contribution in [2.75, 3.05) is 19.0 Å². The third-order valence-electron chi connectivity index (χ3n) is 5.87. The molecule has 0 saturated carbocycles. The minimum atomic E-state index is -0.747. The smallest absolute Gasteiger partial charge is 0.254 e. The van der Waals surface area contributed by atoms with Crippen LogP contribution in [-0.2, 0) is 16.2 Å². The minimum Gasteiger partial charge on any atom is -0.497 e. The highest BCUT2D eigenvalue weighted by Gasteiger charge is 2.38. The number of hydrogen-bond acceptors (Lipinski definition) is 8. The zero-order valence-corrected chi connectivity index (χ0v) is 20.3. The average molecular weight is 502 g/mol. The number of likely N-dealkylation sites (tertiary alicyclic amines) is 1. The van der Waals surface area contributed by atoms with Crippen molar-refractivity contribution in [1.29, 1.82) is 0 Å². The van der Waals surface area contributed by atoms with Crippen LogP contribution in [-0.4, -0.2) is 50.9 Å². The van der Waals surface area contributed by atoms with Gasteiger partial charge in [0, 0.05) is 12.0 Å². The fourth-order valence-electron chi connectivity index (χ4n) is 4.01. The molecule has 0 spiro atoms. The molecule has 2 heterocycles. The van der Waals surface area contributed by atoms with E-state index in [0.29, 0.717) is 28.0 Å². The lowest BCUT2D eigenvalue weighted by Gasteiger charge is -2.23. The number of oxime groups is 1. The zero-order chi connectivity index (χ0) is 24.9. The van der Waals surface area contributed by atoms with Crippen molar-refractivity contribution in [2.45, 2.75) is 19.1 Å². The second-order valence-electron chi connectivity index (χ2n) is 8.22. The molecule has 1 aliphatic rings. The van der Waals surface area contributed by atoms with E-state index in [0.717, 1.165) is 23.0 Å². The van der Waals surface area contributed by atoms with E-state index in [2.05, 4.69) is 19.2 Å². The fourth-order valence-corrected chi connectivity index (χ4v) is 4.56. The number of fused-ring (bicyclic) bond motifs is 1. The van der Waals surface area contributed by atoms with E-state index < -0.39 is 6.04 Å². The highest BCUT2D eigenvalue weighted by atomic mass is 32.1. The first kappa shape index (κ1) is 23.4. The topological polar surface area (TPSA) is 106 Å². The first-order valence-corrected chi connectivity index (χ1v) is 12.0. The predicted octanol–water partition coefficient (Wildman–Crippen LogP) is 4.13. The summed E-state index contributed by atoms with van der Waals surface area (Å²) in [5.41, 5.74) is 3.92. The molecule has 1 aromatic heterocycles. The molecule has 10 heteroatoms. The lowest BCUT2D eigenvalue weighted by Crippen LogP contribution is -2.43. The Labute approximate surface area is 211 Å². The maximum absolute atomic E-state index is 13.4. The maximum Gasteiger partial charge on any atom is 0.254 e. The summed E-state index contributed by atoms with van der Waals surface area (Å²) in [4.78, 5) is 33.8. The lowest BCUT2D eigenvalue weighted by molar-refractivity contribution is -0.119. The molecule has 9 nitrogen and oxygen atoms in total. The molecular formula is C26H23N5O4S. The number of rotatable bonds is 7. The van der Waals surface area contributed by atoms with Crippen molar-refractivity contribution in [3.8, 4) is 5.75 Å². The molecule has 1 N–H and O–H groups in total. The number of carbonyl (C=O) groups is 2. The standard InChI is InChI=1S/C26H23N5O4S/c1-34-20-12-10-17(11-13-20)16-35-28-19-14-23(31(15-19)26(33)18-6-3-2-4-7-18)25(32)27-21-8-5-9-22-24(21)30-36-29-22/h2-13,23H,14-16H2,1H3,(H,27,32)/b28-19+/t23-/m0/s1. The summed E-state index contributed by atoms with van der Waals surface area (Å²) in [5.74, 6) is 0.193. The number of nitrogens with one attached hydrogen (secondary N) is 1. The van der Waals surface area contributed by atoms with Crippen molar-refractivity contribution in [1.82, 2.24) is 13.6 Å². The van der Waals surface area contributed by atoms with Crippen LogP contribution in [0.5, 0.6) is 5.75 Å². The number of methoxy groups -OCH3 is 1. The van der Waals surface area contributed by atoms with E-state index in [1.807, 2.05) is 36.4 Å². The Morgan fingerprint density at radius 1 is 1.06 bits per heavy atom. The summed E-state index contributed by atoms with van der Waals surface area (Å²) in [5, 5.41) is 7.19. The van der Waals surface area contributed by atoms with Crippen LogP contribution in [0.15, 0.2) is 78.0 Å². The quantitative estimate of drug-likeness (QED) is 0.382. The van der Waals surface area contributed by atoms with Gasteiger partial charge in [0.1, 0.15) is 29.4 Å². The molecule has 182 valence electrons. The van der Waals surface area contributed by atoms with Crippen LogP contribution >= 0.6 is 11.7 Å². The molecule has 0 unspecified atom stereocenters. The summed E-state index contributed by atoms with van der Waals surface area (Å²) in [6.07, 6.45) is 0.262. The van der Waals surface area contributed by atoms with Crippen molar-refractivity contribution < 1.29 is 19.2 Å². The van der Waals surface area contributed by atoms with E-state index in [1.165, 1.54) is 4.90 Å². The van der Waals surface area contributed by atoms with Gasteiger partial charge in [-0.25, -0.2) is 0 Å². The first-order valence-electron chi connectivity index (χ1n) is 11.3. The highest BCUT2D eigenvalue weighted by Crippen LogP contribution is 2.25. The van der Waals surface area contributed by atoms with Crippen LogP contribution < -0.4 is 10.1 Å². The molecule has 0 aliphatic carbocycles. The number of benzene rings is 3. The Bertz CT molecular complexity index is 1400. The molecule has 4 aromatic rings. The lowest BCUT2D eigenvalue weighted by atomic mass is 10.1. The van der Waals surface area contributed by atoms with Gasteiger partial charge in [-0.3, -0.25) is 9.59 Å². The van der Waals surface area contributed by atoms with Crippen LogP contribution in [0.25, 0.3) is 11.0 Å². The number of hydrogen-bond donors (Lipinski definition) is 1. The Balaban J connectivity index is 1.34. The van der Waals surface area contributed by atoms with Gasteiger partial charge in [0.25, 0.3) is 5.91 Å². The SMILES string of the molecule is COc1ccc(CO/N=C2\C[C@@H](C(=O)Nc3cccc4nsnc34)N(C(=O)c3ccccc3)C2)cc1. The Morgan fingerprint density at radius 3 is 2.64 bits per heavy atom. The molecule has 1 atom stereocenters. The summed E-state index contributed by atoms with van der Waals surface area (Å²) >= 11 is 1.08. The van der Waals surface area contributed by atoms with Gasteiger partial charge in [-0.15, -0.1) is 0 Å². The van der Waals surface area contributed by atoms with Crippen molar-refractivity contribution in [2.24, 2.45) is 5.16 Å². The zero-order valence-electron chi connectivity index (χ0n) is 19.5. The molecule has 1 aliphatic heterocycles. The number of carbonyl (C=O) groups excluding carboxylic acids is 2. The second kappa shape index (κ2) is 10.5. The molecule has 1 fully saturated rings.